The summed E-state index contributed by atoms with van der Waals surface area (Å²) in [6.45, 7) is 7.45. The van der Waals surface area contributed by atoms with E-state index in [4.69, 9.17) is 4.74 Å². The minimum Gasteiger partial charge on any atom is -0.450 e. The normalized spacial score (nSPS) is 10.1. The van der Waals surface area contributed by atoms with Gasteiger partial charge in [-0.3, -0.25) is 0 Å². The Hall–Kier alpha value is -0.770. The largest absolute Gasteiger partial charge is 0.450 e. The number of nitrogens with one attached hydrogen (secondary N) is 2. The molecule has 0 aliphatic rings. The van der Waals surface area contributed by atoms with Gasteiger partial charge in [-0.1, -0.05) is 26.7 Å². The molecule has 0 heterocycles. The van der Waals surface area contributed by atoms with Crippen molar-refractivity contribution in [2.75, 3.05) is 26.2 Å². The summed E-state index contributed by atoms with van der Waals surface area (Å²) in [5, 5.41) is 6.01. The number of ether oxygens (including phenoxy) is 1. The Kier molecular flexibility index (Phi) is 11.7. The number of alkyl carbamates (subject to hydrolysis) is 1. The molecule has 0 rings (SSSR count). The van der Waals surface area contributed by atoms with Crippen molar-refractivity contribution in [3.8, 4) is 0 Å². The molecule has 0 fully saturated rings. The molecule has 0 unspecified atom stereocenters. The molecule has 0 radical (unpaired) electrons. The third-order valence-electron chi connectivity index (χ3n) is 2.24. The van der Waals surface area contributed by atoms with E-state index in [0.717, 1.165) is 32.4 Å². The van der Waals surface area contributed by atoms with Gasteiger partial charge in [-0.05, 0) is 32.4 Å². The molecule has 0 spiro atoms. The van der Waals surface area contributed by atoms with Gasteiger partial charge >= 0.3 is 6.09 Å². The molecule has 1 amide bonds. The molecule has 0 bridgehead atoms. The van der Waals surface area contributed by atoms with E-state index < -0.39 is 0 Å². The number of carbonyl (C=O) groups is 1. The second kappa shape index (κ2) is 12.3. The molecule has 0 atom stereocenters. The molecule has 2 N–H and O–H groups in total. The van der Waals surface area contributed by atoms with Crippen molar-refractivity contribution >= 4 is 6.09 Å². The smallest absolute Gasteiger partial charge is 0.407 e. The lowest BCUT2D eigenvalue weighted by Gasteiger charge is -2.07. The van der Waals surface area contributed by atoms with Crippen molar-refractivity contribution in [3.63, 3.8) is 0 Å². The van der Waals surface area contributed by atoms with Crippen LogP contribution in [0.3, 0.4) is 0 Å². The Morgan fingerprint density at radius 1 is 1.00 bits per heavy atom. The van der Waals surface area contributed by atoms with E-state index in [9.17, 15) is 4.79 Å². The van der Waals surface area contributed by atoms with Crippen molar-refractivity contribution in [2.45, 2.75) is 46.0 Å². The lowest BCUT2D eigenvalue weighted by molar-refractivity contribution is 0.144. The molecule has 16 heavy (non-hydrogen) atoms. The van der Waals surface area contributed by atoms with E-state index in [1.807, 2.05) is 0 Å². The third-order valence-corrected chi connectivity index (χ3v) is 2.24. The first-order valence-corrected chi connectivity index (χ1v) is 6.42. The van der Waals surface area contributed by atoms with Gasteiger partial charge < -0.3 is 15.4 Å². The Morgan fingerprint density at radius 2 is 1.62 bits per heavy atom. The van der Waals surface area contributed by atoms with Gasteiger partial charge in [0.2, 0.25) is 0 Å². The summed E-state index contributed by atoms with van der Waals surface area (Å²) in [4.78, 5) is 11.1. The Bertz CT molecular complexity index is 163. The summed E-state index contributed by atoms with van der Waals surface area (Å²) in [7, 11) is 0. The lowest BCUT2D eigenvalue weighted by Crippen LogP contribution is -2.26. The van der Waals surface area contributed by atoms with E-state index in [-0.39, 0.29) is 6.09 Å². The molecule has 96 valence electrons. The molecule has 0 aromatic rings. The quantitative estimate of drug-likeness (QED) is 0.566. The highest BCUT2D eigenvalue weighted by atomic mass is 16.5. The number of unbranched alkanes of at least 4 members (excludes halogenated alkanes) is 2. The van der Waals surface area contributed by atoms with Gasteiger partial charge in [0.25, 0.3) is 0 Å². The Morgan fingerprint density at radius 3 is 2.31 bits per heavy atom. The maximum Gasteiger partial charge on any atom is 0.407 e. The predicted octanol–water partition coefficient (Wildman–Crippen LogP) is 2.29. The Labute approximate surface area is 99.1 Å². The summed E-state index contributed by atoms with van der Waals surface area (Å²) in [5.41, 5.74) is 0. The van der Waals surface area contributed by atoms with Crippen molar-refractivity contribution in [3.05, 3.63) is 0 Å². The summed E-state index contributed by atoms with van der Waals surface area (Å²) < 4.78 is 5.01. The minimum atomic E-state index is -0.290. The molecule has 0 saturated heterocycles. The molecule has 0 aliphatic heterocycles. The summed E-state index contributed by atoms with van der Waals surface area (Å²) in [5.74, 6) is 0. The zero-order valence-corrected chi connectivity index (χ0v) is 10.7. The van der Waals surface area contributed by atoms with Gasteiger partial charge in [-0.2, -0.15) is 0 Å². The van der Waals surface area contributed by atoms with Gasteiger partial charge in [0, 0.05) is 6.54 Å². The zero-order chi connectivity index (χ0) is 12.1. The van der Waals surface area contributed by atoms with Crippen LogP contribution in [0.25, 0.3) is 0 Å². The van der Waals surface area contributed by atoms with Crippen LogP contribution >= 0.6 is 0 Å². The average molecular weight is 230 g/mol. The number of hydrogen-bond acceptors (Lipinski definition) is 3. The van der Waals surface area contributed by atoms with Gasteiger partial charge in [-0.15, -0.1) is 0 Å². The van der Waals surface area contributed by atoms with Crippen molar-refractivity contribution in [1.29, 1.82) is 0 Å². The van der Waals surface area contributed by atoms with Crippen LogP contribution < -0.4 is 10.6 Å². The average Bonchev–Trinajstić information content (AvgIpc) is 2.28. The van der Waals surface area contributed by atoms with E-state index in [2.05, 4.69) is 24.5 Å². The van der Waals surface area contributed by atoms with Crippen LogP contribution in [0.1, 0.15) is 46.0 Å². The number of amides is 1. The van der Waals surface area contributed by atoms with Crippen molar-refractivity contribution in [2.24, 2.45) is 0 Å². The fourth-order valence-corrected chi connectivity index (χ4v) is 1.21. The maximum absolute atomic E-state index is 11.1. The van der Waals surface area contributed by atoms with E-state index >= 15 is 0 Å². The summed E-state index contributed by atoms with van der Waals surface area (Å²) >= 11 is 0. The highest BCUT2D eigenvalue weighted by molar-refractivity contribution is 5.66. The second-order valence-corrected chi connectivity index (χ2v) is 3.87. The standard InChI is InChI=1S/C12H26N2O2/c1-3-5-8-13-9-7-11-16-12(15)14-10-6-4-2/h13H,3-11H2,1-2H3,(H,14,15). The van der Waals surface area contributed by atoms with Crippen LogP contribution in [-0.2, 0) is 4.74 Å². The third kappa shape index (κ3) is 11.3. The molecular formula is C12H26N2O2. The molecular weight excluding hydrogens is 204 g/mol. The number of hydrogen-bond donors (Lipinski definition) is 2. The first-order valence-electron chi connectivity index (χ1n) is 6.42. The summed E-state index contributed by atoms with van der Waals surface area (Å²) in [6, 6.07) is 0. The monoisotopic (exact) mass is 230 g/mol. The van der Waals surface area contributed by atoms with Crippen molar-refractivity contribution < 1.29 is 9.53 Å². The minimum absolute atomic E-state index is 0.290. The molecule has 0 saturated carbocycles. The Balaban J connectivity index is 3.09. The van der Waals surface area contributed by atoms with Crippen LogP contribution in [0.5, 0.6) is 0 Å². The van der Waals surface area contributed by atoms with Crippen LogP contribution in [-0.4, -0.2) is 32.3 Å². The first-order chi connectivity index (χ1) is 7.81. The maximum atomic E-state index is 11.1. The molecule has 0 aromatic carbocycles. The van der Waals surface area contributed by atoms with Gasteiger partial charge in [0.05, 0.1) is 6.61 Å². The first kappa shape index (κ1) is 15.2. The van der Waals surface area contributed by atoms with Crippen molar-refractivity contribution in [1.82, 2.24) is 10.6 Å². The molecule has 0 aliphatic carbocycles. The van der Waals surface area contributed by atoms with Gasteiger partial charge in [0.15, 0.2) is 0 Å². The number of rotatable bonds is 10. The molecule has 4 heteroatoms. The van der Waals surface area contributed by atoms with Gasteiger partial charge in [-0.25, -0.2) is 4.79 Å². The fourth-order valence-electron chi connectivity index (χ4n) is 1.21. The number of carbonyl (C=O) groups excluding carboxylic acids is 1. The van der Waals surface area contributed by atoms with Crippen LogP contribution in [0.4, 0.5) is 4.79 Å². The van der Waals surface area contributed by atoms with E-state index in [0.29, 0.717) is 13.2 Å². The van der Waals surface area contributed by atoms with Crippen LogP contribution in [0.15, 0.2) is 0 Å². The highest BCUT2D eigenvalue weighted by Gasteiger charge is 1.99. The topological polar surface area (TPSA) is 50.4 Å². The zero-order valence-electron chi connectivity index (χ0n) is 10.7. The van der Waals surface area contributed by atoms with Crippen LogP contribution in [0, 0.1) is 0 Å². The molecule has 0 aromatic heterocycles. The lowest BCUT2D eigenvalue weighted by atomic mass is 10.3. The SMILES string of the molecule is CCCCNCCCOC(=O)NCCCC. The van der Waals surface area contributed by atoms with E-state index in [1.165, 1.54) is 12.8 Å². The van der Waals surface area contributed by atoms with Crippen LogP contribution in [0.2, 0.25) is 0 Å². The second-order valence-electron chi connectivity index (χ2n) is 3.87. The molecule has 4 nitrogen and oxygen atoms in total. The van der Waals surface area contributed by atoms with Gasteiger partial charge in [0.1, 0.15) is 0 Å². The van der Waals surface area contributed by atoms with E-state index in [1.54, 1.807) is 0 Å². The summed E-state index contributed by atoms with van der Waals surface area (Å²) in [6.07, 6.45) is 5.10. The fraction of sp³-hybridized carbons (Fsp3) is 0.917. The highest BCUT2D eigenvalue weighted by Crippen LogP contribution is 1.87. The predicted molar refractivity (Wildman–Crippen MR) is 66.7 cm³/mol.